The number of carbonyl (C=O) groups excluding carboxylic acids is 1. The highest BCUT2D eigenvalue weighted by Gasteiger charge is 2.19. The maximum atomic E-state index is 12.6. The van der Waals surface area contributed by atoms with Crippen molar-refractivity contribution in [1.82, 2.24) is 15.3 Å². The van der Waals surface area contributed by atoms with Crippen molar-refractivity contribution >= 4 is 11.7 Å². The van der Waals surface area contributed by atoms with Crippen LogP contribution in [-0.4, -0.2) is 27.6 Å². The van der Waals surface area contributed by atoms with Crippen LogP contribution in [0.1, 0.15) is 22.1 Å². The van der Waals surface area contributed by atoms with Crippen LogP contribution in [0.5, 0.6) is 0 Å². The van der Waals surface area contributed by atoms with Gasteiger partial charge >= 0.3 is 0 Å². The van der Waals surface area contributed by atoms with Crippen LogP contribution in [-0.2, 0) is 0 Å². The molecule has 1 aromatic heterocycles. The van der Waals surface area contributed by atoms with Crippen LogP contribution in [0.25, 0.3) is 11.3 Å². The lowest BCUT2D eigenvalue weighted by atomic mass is 10.1. The Hall–Kier alpha value is -3.25. The molecule has 0 aliphatic heterocycles. The van der Waals surface area contributed by atoms with Gasteiger partial charge in [0.1, 0.15) is 0 Å². The van der Waals surface area contributed by atoms with Crippen molar-refractivity contribution in [2.75, 3.05) is 12.3 Å². The summed E-state index contributed by atoms with van der Waals surface area (Å²) in [7, 11) is 0. The van der Waals surface area contributed by atoms with Crippen molar-refractivity contribution in [3.63, 3.8) is 0 Å². The molecule has 0 radical (unpaired) electrons. The first-order chi connectivity index (χ1) is 12.2. The summed E-state index contributed by atoms with van der Waals surface area (Å²) in [4.78, 5) is 21.0. The summed E-state index contributed by atoms with van der Waals surface area (Å²) in [5.74, 6) is -0.437. The maximum Gasteiger partial charge on any atom is 0.274 e. The van der Waals surface area contributed by atoms with Crippen LogP contribution < -0.4 is 11.1 Å². The topological polar surface area (TPSA) is 101 Å². The summed E-state index contributed by atoms with van der Waals surface area (Å²) in [5, 5.41) is 12.3. The van der Waals surface area contributed by atoms with Gasteiger partial charge in [-0.2, -0.15) is 0 Å². The van der Waals surface area contributed by atoms with E-state index < -0.39 is 11.9 Å². The number of carbonyl (C=O) groups is 1. The molecule has 3 aromatic rings. The third-order valence-electron chi connectivity index (χ3n) is 3.78. The number of benzene rings is 2. The molecule has 1 heterocycles. The van der Waals surface area contributed by atoms with E-state index in [2.05, 4.69) is 15.3 Å². The quantitative estimate of drug-likeness (QED) is 0.664. The van der Waals surface area contributed by atoms with Gasteiger partial charge in [0.25, 0.3) is 5.91 Å². The largest absolute Gasteiger partial charge is 0.394 e. The lowest BCUT2D eigenvalue weighted by molar-refractivity contribution is 0.0912. The third-order valence-corrected chi connectivity index (χ3v) is 3.78. The van der Waals surface area contributed by atoms with Crippen LogP contribution in [0.2, 0.25) is 0 Å². The van der Waals surface area contributed by atoms with Gasteiger partial charge in [-0.1, -0.05) is 60.7 Å². The maximum absolute atomic E-state index is 12.6. The van der Waals surface area contributed by atoms with E-state index >= 15 is 0 Å². The van der Waals surface area contributed by atoms with Crippen molar-refractivity contribution in [3.05, 3.63) is 78.1 Å². The van der Waals surface area contributed by atoms with E-state index in [4.69, 9.17) is 5.73 Å². The van der Waals surface area contributed by atoms with Crippen LogP contribution in [0, 0.1) is 0 Å². The molecule has 0 aliphatic carbocycles. The van der Waals surface area contributed by atoms with Gasteiger partial charge in [0.2, 0.25) is 0 Å². The fraction of sp³-hybridized carbons (Fsp3) is 0.105. The number of aromatic nitrogens is 2. The van der Waals surface area contributed by atoms with Gasteiger partial charge in [-0.05, 0) is 5.56 Å². The van der Waals surface area contributed by atoms with Crippen LogP contribution >= 0.6 is 0 Å². The van der Waals surface area contributed by atoms with Crippen molar-refractivity contribution in [3.8, 4) is 11.3 Å². The predicted molar refractivity (Wildman–Crippen MR) is 95.6 cm³/mol. The minimum absolute atomic E-state index is 0.0377. The zero-order valence-corrected chi connectivity index (χ0v) is 13.5. The molecule has 6 heteroatoms. The van der Waals surface area contributed by atoms with E-state index in [0.29, 0.717) is 5.69 Å². The molecule has 6 nitrogen and oxygen atoms in total. The Labute approximate surface area is 145 Å². The molecule has 0 aliphatic rings. The molecule has 0 saturated carbocycles. The molecule has 0 spiro atoms. The summed E-state index contributed by atoms with van der Waals surface area (Å²) in [6.07, 6.45) is 1.53. The van der Waals surface area contributed by atoms with E-state index in [-0.39, 0.29) is 18.1 Å². The number of hydrogen-bond acceptors (Lipinski definition) is 5. The first kappa shape index (κ1) is 16.6. The van der Waals surface area contributed by atoms with Gasteiger partial charge in [-0.3, -0.25) is 4.79 Å². The summed E-state index contributed by atoms with van der Waals surface area (Å²) in [6, 6.07) is 18.1. The second-order valence-corrected chi connectivity index (χ2v) is 5.47. The summed E-state index contributed by atoms with van der Waals surface area (Å²) in [5.41, 5.74) is 8.05. The standard InChI is InChI=1S/C19H18N4O2/c20-18-17(22-15(11-21-18)13-7-3-1-4-8-13)19(25)23-16(12-24)14-9-5-2-6-10-14/h1-11,16,24H,12H2,(H2,20,21)(H,23,25)/t16-/m1/s1. The summed E-state index contributed by atoms with van der Waals surface area (Å²) < 4.78 is 0. The molecule has 0 unspecified atom stereocenters. The highest BCUT2D eigenvalue weighted by atomic mass is 16.3. The third kappa shape index (κ3) is 3.81. The minimum Gasteiger partial charge on any atom is -0.394 e. The SMILES string of the molecule is Nc1ncc(-c2ccccc2)nc1C(=O)N[C@H](CO)c1ccccc1. The lowest BCUT2D eigenvalue weighted by Gasteiger charge is -2.17. The zero-order valence-electron chi connectivity index (χ0n) is 13.5. The van der Waals surface area contributed by atoms with E-state index in [9.17, 15) is 9.90 Å². The Morgan fingerprint density at radius 3 is 2.36 bits per heavy atom. The normalized spacial score (nSPS) is 11.7. The number of anilines is 1. The number of nitrogens with two attached hydrogens (primary N) is 1. The average molecular weight is 334 g/mol. The van der Waals surface area contributed by atoms with Crippen LogP contribution in [0.15, 0.2) is 66.9 Å². The molecule has 3 rings (SSSR count). The molecule has 126 valence electrons. The predicted octanol–water partition coefficient (Wildman–Crippen LogP) is 2.19. The number of aliphatic hydroxyl groups excluding tert-OH is 1. The Morgan fingerprint density at radius 2 is 1.72 bits per heavy atom. The van der Waals surface area contributed by atoms with Gasteiger partial charge in [-0.25, -0.2) is 9.97 Å². The van der Waals surface area contributed by atoms with Gasteiger partial charge in [0.15, 0.2) is 11.5 Å². The van der Waals surface area contributed by atoms with Crippen molar-refractivity contribution in [2.24, 2.45) is 0 Å². The van der Waals surface area contributed by atoms with Crippen LogP contribution in [0.4, 0.5) is 5.82 Å². The Bertz CT molecular complexity index is 854. The molecule has 0 fully saturated rings. The molecule has 1 atom stereocenters. The molecule has 1 amide bonds. The fourth-order valence-electron chi connectivity index (χ4n) is 2.46. The van der Waals surface area contributed by atoms with Crippen molar-refractivity contribution < 1.29 is 9.90 Å². The number of nitrogens with one attached hydrogen (secondary N) is 1. The molecule has 0 saturated heterocycles. The van der Waals surface area contributed by atoms with Crippen LogP contribution in [0.3, 0.4) is 0 Å². The molecular weight excluding hydrogens is 316 g/mol. The molecule has 2 aromatic carbocycles. The van der Waals surface area contributed by atoms with Crippen molar-refractivity contribution in [2.45, 2.75) is 6.04 Å². The minimum atomic E-state index is -0.546. The first-order valence-electron chi connectivity index (χ1n) is 7.83. The molecule has 25 heavy (non-hydrogen) atoms. The van der Waals surface area contributed by atoms with E-state index in [1.807, 2.05) is 60.7 Å². The summed E-state index contributed by atoms with van der Waals surface area (Å²) >= 11 is 0. The Kier molecular flexibility index (Phi) is 5.01. The molecular formula is C19H18N4O2. The van der Waals surface area contributed by atoms with Gasteiger partial charge in [-0.15, -0.1) is 0 Å². The van der Waals surface area contributed by atoms with Crippen molar-refractivity contribution in [1.29, 1.82) is 0 Å². The first-order valence-corrected chi connectivity index (χ1v) is 7.83. The number of nitrogens with zero attached hydrogens (tertiary/aromatic N) is 2. The fourth-order valence-corrected chi connectivity index (χ4v) is 2.46. The summed E-state index contributed by atoms with van der Waals surface area (Å²) in [6.45, 7) is -0.235. The number of rotatable bonds is 5. The number of aliphatic hydroxyl groups is 1. The number of hydrogen-bond donors (Lipinski definition) is 3. The molecule has 4 N–H and O–H groups in total. The Balaban J connectivity index is 1.86. The lowest BCUT2D eigenvalue weighted by Crippen LogP contribution is -2.32. The van der Waals surface area contributed by atoms with Gasteiger partial charge in [0, 0.05) is 5.56 Å². The highest BCUT2D eigenvalue weighted by Crippen LogP contribution is 2.19. The van der Waals surface area contributed by atoms with Gasteiger partial charge < -0.3 is 16.2 Å². The van der Waals surface area contributed by atoms with E-state index in [0.717, 1.165) is 11.1 Å². The van der Waals surface area contributed by atoms with E-state index in [1.165, 1.54) is 6.20 Å². The second kappa shape index (κ2) is 7.55. The van der Waals surface area contributed by atoms with E-state index in [1.54, 1.807) is 0 Å². The average Bonchev–Trinajstić information content (AvgIpc) is 2.67. The number of nitrogen functional groups attached to an aromatic ring is 1. The van der Waals surface area contributed by atoms with Gasteiger partial charge in [0.05, 0.1) is 24.5 Å². The monoisotopic (exact) mass is 334 g/mol. The highest BCUT2D eigenvalue weighted by molar-refractivity contribution is 5.97. The Morgan fingerprint density at radius 1 is 1.08 bits per heavy atom. The zero-order chi connectivity index (χ0) is 17.6. The molecule has 0 bridgehead atoms. The number of amides is 1. The smallest absolute Gasteiger partial charge is 0.274 e. The second-order valence-electron chi connectivity index (χ2n) is 5.47.